The van der Waals surface area contributed by atoms with Crippen LogP contribution in [0.2, 0.25) is 0 Å². The second kappa shape index (κ2) is 6.43. The van der Waals surface area contributed by atoms with Gasteiger partial charge in [0.25, 0.3) is 5.91 Å². The van der Waals surface area contributed by atoms with Crippen LogP contribution in [-0.4, -0.2) is 21.4 Å². The molecular formula is C15H16N2O2S. The third-order valence-electron chi connectivity index (χ3n) is 2.72. The first-order chi connectivity index (χ1) is 9.54. The maximum absolute atomic E-state index is 12.1. The molecule has 0 bridgehead atoms. The molecule has 0 fully saturated rings. The fourth-order valence-corrected chi connectivity index (χ4v) is 2.48. The molecule has 0 saturated carbocycles. The molecule has 0 spiro atoms. The highest BCUT2D eigenvalue weighted by Gasteiger charge is 2.08. The number of nitrogens with zero attached hydrogens (tertiary/aromatic N) is 1. The highest BCUT2D eigenvalue weighted by atomic mass is 32.2. The number of benzene rings is 1. The van der Waals surface area contributed by atoms with Gasteiger partial charge in [-0.15, -0.1) is 0 Å². The van der Waals surface area contributed by atoms with E-state index in [-0.39, 0.29) is 5.91 Å². The van der Waals surface area contributed by atoms with Gasteiger partial charge in [0, 0.05) is 34.6 Å². The van der Waals surface area contributed by atoms with Gasteiger partial charge in [-0.25, -0.2) is 4.98 Å². The predicted octanol–water partition coefficient (Wildman–Crippen LogP) is 2.52. The van der Waals surface area contributed by atoms with Crippen molar-refractivity contribution in [2.45, 2.75) is 12.7 Å². The maximum Gasteiger partial charge on any atom is 0.256 e. The first-order valence-corrected chi connectivity index (χ1v) is 7.90. The molecule has 2 aromatic rings. The number of aryl methyl sites for hydroxylation is 1. The van der Waals surface area contributed by atoms with E-state index >= 15 is 0 Å². The van der Waals surface area contributed by atoms with Crippen molar-refractivity contribution in [3.8, 4) is 0 Å². The number of carbonyl (C=O) groups excluding carboxylic acids is 1. The van der Waals surface area contributed by atoms with Gasteiger partial charge in [-0.3, -0.25) is 9.00 Å². The molecule has 1 atom stereocenters. The lowest BCUT2D eigenvalue weighted by Gasteiger charge is -2.06. The highest BCUT2D eigenvalue weighted by Crippen LogP contribution is 2.11. The van der Waals surface area contributed by atoms with Gasteiger partial charge in [-0.05, 0) is 42.3 Å². The summed E-state index contributed by atoms with van der Waals surface area (Å²) >= 11 is 0. The molecule has 5 heteroatoms. The van der Waals surface area contributed by atoms with Gasteiger partial charge < -0.3 is 5.32 Å². The fraction of sp³-hybridized carbons (Fsp3) is 0.200. The average Bonchev–Trinajstić information content (AvgIpc) is 2.38. The number of rotatable bonds is 4. The van der Waals surface area contributed by atoms with Crippen LogP contribution in [0.5, 0.6) is 0 Å². The molecule has 1 aromatic carbocycles. The van der Waals surface area contributed by atoms with Crippen LogP contribution in [0, 0.1) is 6.92 Å². The molecule has 4 nitrogen and oxygen atoms in total. The molecule has 0 aliphatic carbocycles. The molecule has 0 aliphatic heterocycles. The van der Waals surface area contributed by atoms with E-state index in [0.717, 1.165) is 11.1 Å². The quantitative estimate of drug-likeness (QED) is 0.940. The number of hydrogen-bond acceptors (Lipinski definition) is 3. The summed E-state index contributed by atoms with van der Waals surface area (Å²) in [5.41, 5.74) is 2.46. The molecule has 1 amide bonds. The standard InChI is InChI=1S/C15H16N2O2S/c1-11-6-7-16-14(8-11)17-15(18)13-5-3-4-12(9-13)10-20(2)19/h3-9H,10H2,1-2H3,(H,16,17,18)/t20-/m0/s1. The lowest BCUT2D eigenvalue weighted by Crippen LogP contribution is -2.13. The first-order valence-electron chi connectivity index (χ1n) is 6.17. The van der Waals surface area contributed by atoms with E-state index in [1.165, 1.54) is 0 Å². The van der Waals surface area contributed by atoms with Crippen molar-refractivity contribution in [3.05, 3.63) is 59.3 Å². The fourth-order valence-electron chi connectivity index (χ4n) is 1.83. The zero-order valence-corrected chi connectivity index (χ0v) is 12.2. The second-order valence-electron chi connectivity index (χ2n) is 4.59. The van der Waals surface area contributed by atoms with Gasteiger partial charge in [0.2, 0.25) is 0 Å². The number of carbonyl (C=O) groups is 1. The molecule has 104 valence electrons. The van der Waals surface area contributed by atoms with Gasteiger partial charge >= 0.3 is 0 Å². The number of nitrogens with one attached hydrogen (secondary N) is 1. The predicted molar refractivity (Wildman–Crippen MR) is 81.1 cm³/mol. The van der Waals surface area contributed by atoms with Gasteiger partial charge in [0.1, 0.15) is 5.82 Å². The number of anilines is 1. The number of hydrogen-bond donors (Lipinski definition) is 1. The Morgan fingerprint density at radius 1 is 1.30 bits per heavy atom. The SMILES string of the molecule is Cc1ccnc(NC(=O)c2cccc(C[S@](C)=O)c2)c1. The van der Waals surface area contributed by atoms with Crippen LogP contribution in [-0.2, 0) is 16.6 Å². The van der Waals surface area contributed by atoms with Crippen LogP contribution < -0.4 is 5.32 Å². The number of amides is 1. The summed E-state index contributed by atoms with van der Waals surface area (Å²) in [6.07, 6.45) is 3.30. The highest BCUT2D eigenvalue weighted by molar-refractivity contribution is 7.83. The topological polar surface area (TPSA) is 59.1 Å². The minimum atomic E-state index is -0.923. The molecule has 0 aliphatic rings. The Morgan fingerprint density at radius 2 is 2.10 bits per heavy atom. The summed E-state index contributed by atoms with van der Waals surface area (Å²) in [5.74, 6) is 0.760. The van der Waals surface area contributed by atoms with E-state index in [0.29, 0.717) is 17.1 Å². The largest absolute Gasteiger partial charge is 0.307 e. The third kappa shape index (κ3) is 3.99. The van der Waals surface area contributed by atoms with Gasteiger partial charge in [-0.2, -0.15) is 0 Å². The molecule has 1 heterocycles. The van der Waals surface area contributed by atoms with Crippen molar-refractivity contribution in [2.75, 3.05) is 11.6 Å². The zero-order valence-electron chi connectivity index (χ0n) is 11.4. The Balaban J connectivity index is 2.15. The monoisotopic (exact) mass is 288 g/mol. The van der Waals surface area contributed by atoms with Crippen LogP contribution >= 0.6 is 0 Å². The first kappa shape index (κ1) is 14.4. The molecule has 0 unspecified atom stereocenters. The normalized spacial score (nSPS) is 11.9. The van der Waals surface area contributed by atoms with Crippen LogP contribution in [0.15, 0.2) is 42.6 Å². The summed E-state index contributed by atoms with van der Waals surface area (Å²) in [7, 11) is -0.923. The minimum absolute atomic E-state index is 0.216. The molecule has 1 aromatic heterocycles. The van der Waals surface area contributed by atoms with Crippen molar-refractivity contribution >= 4 is 22.5 Å². The van der Waals surface area contributed by atoms with Gasteiger partial charge in [-0.1, -0.05) is 12.1 Å². The molecule has 20 heavy (non-hydrogen) atoms. The Morgan fingerprint density at radius 3 is 2.80 bits per heavy atom. The summed E-state index contributed by atoms with van der Waals surface area (Å²) < 4.78 is 11.2. The van der Waals surface area contributed by atoms with E-state index < -0.39 is 10.8 Å². The second-order valence-corrected chi connectivity index (χ2v) is 6.03. The summed E-state index contributed by atoms with van der Waals surface area (Å²) in [5, 5.41) is 2.75. The van der Waals surface area contributed by atoms with Crippen molar-refractivity contribution in [2.24, 2.45) is 0 Å². The van der Waals surface area contributed by atoms with Gasteiger partial charge in [0.05, 0.1) is 0 Å². The van der Waals surface area contributed by atoms with E-state index in [1.807, 2.05) is 25.1 Å². The molecule has 0 saturated heterocycles. The minimum Gasteiger partial charge on any atom is -0.307 e. The molecule has 2 rings (SSSR count). The van der Waals surface area contributed by atoms with Gasteiger partial charge in [0.15, 0.2) is 0 Å². The van der Waals surface area contributed by atoms with Crippen LogP contribution in [0.1, 0.15) is 21.5 Å². The third-order valence-corrected chi connectivity index (χ3v) is 3.46. The van der Waals surface area contributed by atoms with E-state index in [1.54, 1.807) is 30.7 Å². The summed E-state index contributed by atoms with van der Waals surface area (Å²) in [6, 6.07) is 10.8. The van der Waals surface area contributed by atoms with Crippen LogP contribution in [0.25, 0.3) is 0 Å². The van der Waals surface area contributed by atoms with Crippen molar-refractivity contribution in [3.63, 3.8) is 0 Å². The Labute approximate surface area is 120 Å². The van der Waals surface area contributed by atoms with Crippen LogP contribution in [0.4, 0.5) is 5.82 Å². The Bertz CT molecular complexity index is 656. The lowest BCUT2D eigenvalue weighted by molar-refractivity contribution is 0.102. The average molecular weight is 288 g/mol. The van der Waals surface area contributed by atoms with E-state index in [2.05, 4.69) is 10.3 Å². The van der Waals surface area contributed by atoms with Crippen molar-refractivity contribution < 1.29 is 9.00 Å². The molecule has 0 radical (unpaired) electrons. The maximum atomic E-state index is 12.1. The van der Waals surface area contributed by atoms with Crippen molar-refractivity contribution in [1.29, 1.82) is 0 Å². The molecular weight excluding hydrogens is 272 g/mol. The zero-order chi connectivity index (χ0) is 14.5. The van der Waals surface area contributed by atoms with Crippen molar-refractivity contribution in [1.82, 2.24) is 4.98 Å². The molecule has 1 N–H and O–H groups in total. The lowest BCUT2D eigenvalue weighted by atomic mass is 10.1. The Kier molecular flexibility index (Phi) is 4.63. The summed E-state index contributed by atoms with van der Waals surface area (Å²) in [4.78, 5) is 16.2. The number of aromatic nitrogens is 1. The van der Waals surface area contributed by atoms with Crippen LogP contribution in [0.3, 0.4) is 0 Å². The van der Waals surface area contributed by atoms with E-state index in [9.17, 15) is 9.00 Å². The van der Waals surface area contributed by atoms with E-state index in [4.69, 9.17) is 0 Å². The smallest absolute Gasteiger partial charge is 0.256 e. The Hall–Kier alpha value is -2.01. The number of pyridine rings is 1. The summed E-state index contributed by atoms with van der Waals surface area (Å²) in [6.45, 7) is 1.94.